The fourth-order valence-corrected chi connectivity index (χ4v) is 9.91. The summed E-state index contributed by atoms with van der Waals surface area (Å²) in [4.78, 5) is 0. The van der Waals surface area contributed by atoms with Crippen LogP contribution in [-0.4, -0.2) is 0 Å². The van der Waals surface area contributed by atoms with E-state index >= 15 is 0 Å². The summed E-state index contributed by atoms with van der Waals surface area (Å²) in [6.45, 7) is 0. The lowest BCUT2D eigenvalue weighted by Crippen LogP contribution is -1.91. The first-order valence-electron chi connectivity index (χ1n) is 19.1. The summed E-state index contributed by atoms with van der Waals surface area (Å²) in [5.74, 6) is 0. The molecule has 12 aromatic carbocycles. The maximum atomic E-state index is 7.03. The Labute approximate surface area is 315 Å². The van der Waals surface area contributed by atoms with Crippen LogP contribution in [0.15, 0.2) is 186 Å². The van der Waals surface area contributed by atoms with E-state index < -0.39 is 0 Å². The van der Waals surface area contributed by atoms with Crippen molar-refractivity contribution in [3.63, 3.8) is 0 Å². The van der Waals surface area contributed by atoms with Crippen LogP contribution in [0.2, 0.25) is 0 Å². The van der Waals surface area contributed by atoms with Crippen LogP contribution in [0.1, 0.15) is 0 Å². The molecule has 1 nitrogen and oxygen atoms in total. The van der Waals surface area contributed by atoms with Gasteiger partial charge in [0.1, 0.15) is 11.2 Å². The van der Waals surface area contributed by atoms with Crippen molar-refractivity contribution < 1.29 is 4.42 Å². The van der Waals surface area contributed by atoms with Gasteiger partial charge in [-0.2, -0.15) is 0 Å². The molecule has 0 saturated carbocycles. The van der Waals surface area contributed by atoms with Crippen LogP contribution in [0.3, 0.4) is 0 Å². The smallest absolute Gasteiger partial charge is 0.143 e. The van der Waals surface area contributed by atoms with Gasteiger partial charge >= 0.3 is 0 Å². The van der Waals surface area contributed by atoms with Crippen LogP contribution in [0, 0.1) is 0 Å². The van der Waals surface area contributed by atoms with Crippen LogP contribution in [0.25, 0.3) is 130 Å². The molecule has 0 amide bonds. The first-order valence-corrected chi connectivity index (χ1v) is 19.1. The molecule has 1 heteroatoms. The van der Waals surface area contributed by atoms with Crippen LogP contribution >= 0.6 is 0 Å². The van der Waals surface area contributed by atoms with Crippen LogP contribution in [0.4, 0.5) is 0 Å². The van der Waals surface area contributed by atoms with Crippen molar-refractivity contribution in [3.05, 3.63) is 182 Å². The number of rotatable bonds is 2. The van der Waals surface area contributed by atoms with E-state index in [2.05, 4.69) is 182 Å². The highest BCUT2D eigenvalue weighted by atomic mass is 16.3. The van der Waals surface area contributed by atoms with E-state index in [1.54, 1.807) is 0 Å². The Morgan fingerprint density at radius 2 is 0.836 bits per heavy atom. The molecule has 0 unspecified atom stereocenters. The summed E-state index contributed by atoms with van der Waals surface area (Å²) < 4.78 is 7.03. The zero-order chi connectivity index (χ0) is 35.8. The van der Waals surface area contributed by atoms with Gasteiger partial charge in [-0.15, -0.1) is 0 Å². The van der Waals surface area contributed by atoms with E-state index in [0.717, 1.165) is 27.5 Å². The third kappa shape index (κ3) is 3.97. The second-order valence-electron chi connectivity index (χ2n) is 15.1. The lowest BCUT2D eigenvalue weighted by molar-refractivity contribution is 0.670. The Kier molecular flexibility index (Phi) is 5.69. The maximum absolute atomic E-state index is 7.03. The quantitative estimate of drug-likeness (QED) is 0.130. The summed E-state index contributed by atoms with van der Waals surface area (Å²) >= 11 is 0. The highest BCUT2D eigenvalue weighted by molar-refractivity contribution is 6.30. The Hall–Kier alpha value is -7.22. The normalized spacial score (nSPS) is 12.4. The number of hydrogen-bond acceptors (Lipinski definition) is 1. The first-order chi connectivity index (χ1) is 27.3. The average Bonchev–Trinajstić information content (AvgIpc) is 3.63. The zero-order valence-electron chi connectivity index (χ0n) is 29.7. The molecule has 0 fully saturated rings. The first kappa shape index (κ1) is 29.3. The standard InChI is InChI=1S/C54H30O/c1-4-13-39-31(8-1)20-25-44-45(39)28-37-19-16-32-9-2-5-14-40(32)51(37)52(44)38-29-46(54-47(30-38)53-41-15-6-3-10-33(41)23-27-48(53)55-54)42-24-21-36-18-17-34-11-7-12-35-22-26-43(42)50(36)49(34)35/h1-30H. The van der Waals surface area contributed by atoms with Crippen molar-refractivity contribution in [2.45, 2.75) is 0 Å². The van der Waals surface area contributed by atoms with Crippen molar-refractivity contribution in [2.24, 2.45) is 0 Å². The van der Waals surface area contributed by atoms with Gasteiger partial charge in [0.2, 0.25) is 0 Å². The molecule has 0 spiro atoms. The van der Waals surface area contributed by atoms with Gasteiger partial charge in [-0.25, -0.2) is 0 Å². The molecule has 13 rings (SSSR count). The van der Waals surface area contributed by atoms with Crippen LogP contribution < -0.4 is 0 Å². The van der Waals surface area contributed by atoms with Crippen molar-refractivity contribution in [3.8, 4) is 22.3 Å². The van der Waals surface area contributed by atoms with Gasteiger partial charge < -0.3 is 4.42 Å². The molecular formula is C54H30O. The zero-order valence-corrected chi connectivity index (χ0v) is 29.7. The third-order valence-corrected chi connectivity index (χ3v) is 12.3. The molecular weight excluding hydrogens is 665 g/mol. The van der Waals surface area contributed by atoms with E-state index in [1.165, 1.54) is 103 Å². The fraction of sp³-hybridized carbons (Fsp3) is 0. The predicted molar refractivity (Wildman–Crippen MR) is 236 cm³/mol. The highest BCUT2D eigenvalue weighted by Crippen LogP contribution is 2.49. The molecule has 0 bridgehead atoms. The lowest BCUT2D eigenvalue weighted by atomic mass is 9.85. The van der Waals surface area contributed by atoms with Gasteiger partial charge in [-0.3, -0.25) is 0 Å². The number of furan rings is 1. The van der Waals surface area contributed by atoms with Gasteiger partial charge in [-0.1, -0.05) is 158 Å². The summed E-state index contributed by atoms with van der Waals surface area (Å²) in [6.07, 6.45) is 0. The molecule has 0 radical (unpaired) electrons. The molecule has 0 aliphatic carbocycles. The number of benzene rings is 12. The van der Waals surface area contributed by atoms with Gasteiger partial charge in [0.05, 0.1) is 0 Å². The van der Waals surface area contributed by atoms with Gasteiger partial charge in [-0.05, 0) is 127 Å². The molecule has 252 valence electrons. The topological polar surface area (TPSA) is 13.1 Å². The fourth-order valence-electron chi connectivity index (χ4n) is 9.91. The Morgan fingerprint density at radius 1 is 0.273 bits per heavy atom. The van der Waals surface area contributed by atoms with E-state index in [1.807, 2.05) is 0 Å². The Bertz CT molecular complexity index is 3750. The molecule has 0 atom stereocenters. The van der Waals surface area contributed by atoms with Crippen molar-refractivity contribution >= 4 is 108 Å². The SMILES string of the molecule is c1ccc2c(c1)ccc1c(-c3cc(-c4ccc5ccc6cccc7ccc4c5c67)c4oc5ccc6ccccc6c5c4c3)c3c(ccc4ccccc43)cc12. The predicted octanol–water partition coefficient (Wildman–Crippen LogP) is 15.6. The van der Waals surface area contributed by atoms with Crippen molar-refractivity contribution in [2.75, 3.05) is 0 Å². The average molecular weight is 695 g/mol. The molecule has 0 saturated heterocycles. The van der Waals surface area contributed by atoms with Crippen LogP contribution in [-0.2, 0) is 0 Å². The molecule has 0 aliphatic rings. The largest absolute Gasteiger partial charge is 0.455 e. The molecule has 1 aromatic heterocycles. The van der Waals surface area contributed by atoms with Gasteiger partial charge in [0, 0.05) is 16.3 Å². The van der Waals surface area contributed by atoms with Gasteiger partial charge in [0.15, 0.2) is 0 Å². The minimum atomic E-state index is 0.907. The monoisotopic (exact) mass is 694 g/mol. The lowest BCUT2D eigenvalue weighted by Gasteiger charge is -2.18. The van der Waals surface area contributed by atoms with E-state index in [4.69, 9.17) is 4.42 Å². The van der Waals surface area contributed by atoms with Crippen molar-refractivity contribution in [1.82, 2.24) is 0 Å². The summed E-state index contributed by atoms with van der Waals surface area (Å²) in [5.41, 5.74) is 6.56. The van der Waals surface area contributed by atoms with E-state index in [9.17, 15) is 0 Å². The minimum Gasteiger partial charge on any atom is -0.455 e. The maximum Gasteiger partial charge on any atom is 0.143 e. The number of fused-ring (bicyclic) bond motifs is 11. The summed E-state index contributed by atoms with van der Waals surface area (Å²) in [5, 5.41) is 22.4. The van der Waals surface area contributed by atoms with E-state index in [0.29, 0.717) is 0 Å². The second kappa shape index (κ2) is 10.7. The highest BCUT2D eigenvalue weighted by Gasteiger charge is 2.22. The summed E-state index contributed by atoms with van der Waals surface area (Å²) in [6, 6.07) is 67.5. The number of hydrogen-bond donors (Lipinski definition) is 0. The molecule has 0 N–H and O–H groups in total. The Balaban J connectivity index is 1.25. The van der Waals surface area contributed by atoms with Crippen molar-refractivity contribution in [1.29, 1.82) is 0 Å². The molecule has 0 aliphatic heterocycles. The van der Waals surface area contributed by atoms with Gasteiger partial charge in [0.25, 0.3) is 0 Å². The van der Waals surface area contributed by atoms with E-state index in [-0.39, 0.29) is 0 Å². The second-order valence-corrected chi connectivity index (χ2v) is 15.1. The van der Waals surface area contributed by atoms with Crippen LogP contribution in [0.5, 0.6) is 0 Å². The summed E-state index contributed by atoms with van der Waals surface area (Å²) in [7, 11) is 0. The molecule has 55 heavy (non-hydrogen) atoms. The molecule has 1 heterocycles. The minimum absolute atomic E-state index is 0.907. The molecule has 13 aromatic rings. The third-order valence-electron chi connectivity index (χ3n) is 12.3. The Morgan fingerprint density at radius 3 is 1.64 bits per heavy atom.